The Kier molecular flexibility index (Phi) is 6.22. The molecule has 92 valence electrons. The molecule has 0 radical (unpaired) electrons. The molecule has 0 aromatic carbocycles. The number of aliphatic hydroxyl groups excluding tert-OH is 1. The van der Waals surface area contributed by atoms with Gasteiger partial charge in [0.05, 0.1) is 13.2 Å². The Bertz CT molecular complexity index is 271. The summed E-state index contributed by atoms with van der Waals surface area (Å²) in [6, 6.07) is 0. The molecule has 0 fully saturated rings. The summed E-state index contributed by atoms with van der Waals surface area (Å²) in [7, 11) is 0. The minimum atomic E-state index is -0.854. The second-order valence-corrected chi connectivity index (χ2v) is 3.36. The lowest BCUT2D eigenvalue weighted by Gasteiger charge is -2.11. The normalized spacial score (nSPS) is 9.81. The molecule has 0 bridgehead atoms. The summed E-state index contributed by atoms with van der Waals surface area (Å²) in [5.74, 6) is -2.36. The average Bonchev–Trinajstić information content (AvgIpc) is 2.18. The summed E-state index contributed by atoms with van der Waals surface area (Å²) >= 11 is 0. The van der Waals surface area contributed by atoms with Crippen LogP contribution in [0.2, 0.25) is 0 Å². The molecule has 1 N–H and O–H groups in total. The Labute approximate surface area is 95.0 Å². The van der Waals surface area contributed by atoms with Crippen LogP contribution in [0.1, 0.15) is 27.7 Å². The lowest BCUT2D eigenvalue weighted by atomic mass is 10.1. The van der Waals surface area contributed by atoms with Crippen molar-refractivity contribution in [3.05, 3.63) is 11.3 Å². The number of rotatable bonds is 5. The van der Waals surface area contributed by atoms with Crippen LogP contribution >= 0.6 is 0 Å². The van der Waals surface area contributed by atoms with Crippen LogP contribution in [0.5, 0.6) is 0 Å². The average molecular weight is 230 g/mol. The van der Waals surface area contributed by atoms with Gasteiger partial charge in [0.1, 0.15) is 5.76 Å². The Morgan fingerprint density at radius 1 is 1.06 bits per heavy atom. The van der Waals surface area contributed by atoms with E-state index in [1.807, 2.05) is 0 Å². The van der Waals surface area contributed by atoms with Crippen molar-refractivity contribution in [1.82, 2.24) is 0 Å². The number of hydrogen-bond donors (Lipinski definition) is 1. The monoisotopic (exact) mass is 230 g/mol. The Hall–Kier alpha value is -1.52. The molecule has 0 aromatic rings. The summed E-state index contributed by atoms with van der Waals surface area (Å²) < 4.78 is 9.37. The van der Waals surface area contributed by atoms with Crippen molar-refractivity contribution in [3.63, 3.8) is 0 Å². The third-order valence-electron chi connectivity index (χ3n) is 1.76. The Balaban J connectivity index is 5.13. The highest BCUT2D eigenvalue weighted by Gasteiger charge is 2.27. The van der Waals surface area contributed by atoms with Crippen LogP contribution in [-0.4, -0.2) is 30.3 Å². The Morgan fingerprint density at radius 3 is 1.69 bits per heavy atom. The third kappa shape index (κ3) is 3.92. The number of ether oxygens (including phenoxy) is 2. The number of allylic oxidation sites excluding steroid dienone is 1. The number of hydrogen-bond acceptors (Lipinski definition) is 5. The van der Waals surface area contributed by atoms with Crippen molar-refractivity contribution in [3.8, 4) is 0 Å². The highest BCUT2D eigenvalue weighted by Crippen LogP contribution is 2.14. The van der Waals surface area contributed by atoms with E-state index in [4.69, 9.17) is 0 Å². The number of esters is 2. The first kappa shape index (κ1) is 14.5. The smallest absolute Gasteiger partial charge is 0.349 e. The van der Waals surface area contributed by atoms with Gasteiger partial charge in [-0.1, -0.05) is 13.8 Å². The van der Waals surface area contributed by atoms with Gasteiger partial charge in [0.25, 0.3) is 0 Å². The molecule has 0 saturated carbocycles. The zero-order chi connectivity index (χ0) is 12.7. The number of aliphatic hydroxyl groups is 1. The van der Waals surface area contributed by atoms with Crippen molar-refractivity contribution in [2.75, 3.05) is 13.2 Å². The summed E-state index contributed by atoms with van der Waals surface area (Å²) in [6.45, 7) is 6.82. The molecule has 0 rings (SSSR count). The first-order valence-corrected chi connectivity index (χ1v) is 5.23. The minimum Gasteiger partial charge on any atom is -0.511 e. The zero-order valence-corrected chi connectivity index (χ0v) is 10.1. The zero-order valence-electron chi connectivity index (χ0n) is 10.1. The summed E-state index contributed by atoms with van der Waals surface area (Å²) in [4.78, 5) is 22.9. The molecule has 0 heterocycles. The van der Waals surface area contributed by atoms with Crippen LogP contribution < -0.4 is 0 Å². The molecule has 0 aliphatic rings. The first-order chi connectivity index (χ1) is 7.45. The molecule has 0 atom stereocenters. The maximum atomic E-state index is 11.5. The molecular weight excluding hydrogens is 212 g/mol. The van der Waals surface area contributed by atoms with Crippen LogP contribution in [0.25, 0.3) is 0 Å². The second-order valence-electron chi connectivity index (χ2n) is 3.36. The fourth-order valence-corrected chi connectivity index (χ4v) is 0.988. The van der Waals surface area contributed by atoms with Gasteiger partial charge in [-0.2, -0.15) is 0 Å². The lowest BCUT2D eigenvalue weighted by Crippen LogP contribution is -2.22. The van der Waals surface area contributed by atoms with Crippen LogP contribution in [0.4, 0.5) is 0 Å². The molecule has 0 aromatic heterocycles. The van der Waals surface area contributed by atoms with E-state index in [2.05, 4.69) is 9.47 Å². The van der Waals surface area contributed by atoms with E-state index in [1.54, 1.807) is 27.7 Å². The Morgan fingerprint density at radius 2 is 1.44 bits per heavy atom. The van der Waals surface area contributed by atoms with E-state index in [9.17, 15) is 14.7 Å². The van der Waals surface area contributed by atoms with Gasteiger partial charge in [-0.3, -0.25) is 0 Å². The van der Waals surface area contributed by atoms with E-state index < -0.39 is 17.5 Å². The van der Waals surface area contributed by atoms with Gasteiger partial charge in [-0.15, -0.1) is 0 Å². The van der Waals surface area contributed by atoms with Gasteiger partial charge in [0, 0.05) is 5.92 Å². The SMILES string of the molecule is CCOC(=O)C(C(=O)OCC)=C(O)C(C)C. The largest absolute Gasteiger partial charge is 0.511 e. The van der Waals surface area contributed by atoms with Crippen LogP contribution in [0, 0.1) is 5.92 Å². The first-order valence-electron chi connectivity index (χ1n) is 5.23. The number of carbonyl (C=O) groups is 2. The molecule has 5 heteroatoms. The van der Waals surface area contributed by atoms with E-state index in [0.717, 1.165) is 0 Å². The molecule has 0 saturated heterocycles. The fourth-order valence-electron chi connectivity index (χ4n) is 0.988. The van der Waals surface area contributed by atoms with Gasteiger partial charge < -0.3 is 14.6 Å². The van der Waals surface area contributed by atoms with Gasteiger partial charge in [-0.05, 0) is 13.8 Å². The van der Waals surface area contributed by atoms with Crippen molar-refractivity contribution in [2.45, 2.75) is 27.7 Å². The van der Waals surface area contributed by atoms with E-state index in [0.29, 0.717) is 0 Å². The van der Waals surface area contributed by atoms with Crippen molar-refractivity contribution in [1.29, 1.82) is 0 Å². The molecule has 16 heavy (non-hydrogen) atoms. The van der Waals surface area contributed by atoms with Crippen molar-refractivity contribution >= 4 is 11.9 Å². The van der Waals surface area contributed by atoms with Gasteiger partial charge >= 0.3 is 11.9 Å². The predicted molar refractivity (Wildman–Crippen MR) is 57.8 cm³/mol. The highest BCUT2D eigenvalue weighted by molar-refractivity contribution is 6.14. The van der Waals surface area contributed by atoms with Crippen LogP contribution in [0.3, 0.4) is 0 Å². The van der Waals surface area contributed by atoms with Crippen LogP contribution in [0.15, 0.2) is 11.3 Å². The highest BCUT2D eigenvalue weighted by atomic mass is 16.6. The summed E-state index contributed by atoms with van der Waals surface area (Å²) in [5, 5.41) is 9.66. The van der Waals surface area contributed by atoms with Crippen LogP contribution in [-0.2, 0) is 19.1 Å². The van der Waals surface area contributed by atoms with Gasteiger partial charge in [-0.25, -0.2) is 9.59 Å². The molecular formula is C11H18O5. The molecule has 0 aliphatic heterocycles. The molecule has 0 aliphatic carbocycles. The predicted octanol–water partition coefficient (Wildman–Crippen LogP) is 1.58. The second kappa shape index (κ2) is 6.87. The molecule has 0 spiro atoms. The third-order valence-corrected chi connectivity index (χ3v) is 1.76. The topological polar surface area (TPSA) is 72.8 Å². The van der Waals surface area contributed by atoms with Crippen molar-refractivity contribution < 1.29 is 24.2 Å². The fraction of sp³-hybridized carbons (Fsp3) is 0.636. The van der Waals surface area contributed by atoms with E-state index >= 15 is 0 Å². The van der Waals surface area contributed by atoms with Gasteiger partial charge in [0.15, 0.2) is 5.57 Å². The van der Waals surface area contributed by atoms with E-state index in [-0.39, 0.29) is 24.9 Å². The van der Waals surface area contributed by atoms with Crippen molar-refractivity contribution in [2.24, 2.45) is 5.92 Å². The maximum Gasteiger partial charge on any atom is 0.349 e. The maximum absolute atomic E-state index is 11.5. The number of carbonyl (C=O) groups excluding carboxylic acids is 2. The summed E-state index contributed by atoms with van der Waals surface area (Å²) in [5.41, 5.74) is -0.418. The summed E-state index contributed by atoms with van der Waals surface area (Å²) in [6.07, 6.45) is 0. The lowest BCUT2D eigenvalue weighted by molar-refractivity contribution is -0.147. The molecule has 0 unspecified atom stereocenters. The molecule has 0 amide bonds. The standard InChI is InChI=1S/C11H18O5/c1-5-15-10(13)8(9(12)7(3)4)11(14)16-6-2/h7,12H,5-6H2,1-4H3. The van der Waals surface area contributed by atoms with Gasteiger partial charge in [0.2, 0.25) is 0 Å². The molecule has 5 nitrogen and oxygen atoms in total. The van der Waals surface area contributed by atoms with E-state index in [1.165, 1.54) is 0 Å². The quantitative estimate of drug-likeness (QED) is 0.255. The minimum absolute atomic E-state index is 0.132.